The Kier molecular flexibility index (Phi) is 1.91. The molecule has 0 unspecified atom stereocenters. The Morgan fingerprint density at radius 3 is 3.06 bits per heavy atom. The average molecular weight is 227 g/mol. The summed E-state index contributed by atoms with van der Waals surface area (Å²) in [6.45, 7) is 0. The van der Waals surface area contributed by atoms with Crippen LogP contribution in [0, 0.1) is 11.3 Å². The van der Waals surface area contributed by atoms with Crippen LogP contribution in [0.2, 0.25) is 0 Å². The van der Waals surface area contributed by atoms with E-state index in [0.29, 0.717) is 17.0 Å². The van der Waals surface area contributed by atoms with Gasteiger partial charge in [0.2, 0.25) is 0 Å². The molecule has 3 heterocycles. The molecular weight excluding hydrogens is 222 g/mol. The van der Waals surface area contributed by atoms with Crippen molar-refractivity contribution in [3.63, 3.8) is 0 Å². The summed E-state index contributed by atoms with van der Waals surface area (Å²) in [6, 6.07) is 5.49. The summed E-state index contributed by atoms with van der Waals surface area (Å²) in [5.74, 6) is 0.695. The number of rotatable bonds is 1. The van der Waals surface area contributed by atoms with Gasteiger partial charge in [0, 0.05) is 17.6 Å². The van der Waals surface area contributed by atoms with Crippen molar-refractivity contribution in [1.82, 2.24) is 19.6 Å². The minimum atomic E-state index is 0.574. The summed E-state index contributed by atoms with van der Waals surface area (Å²) >= 11 is 1.51. The normalized spacial score (nSPS) is 10.4. The van der Waals surface area contributed by atoms with Crippen LogP contribution in [-0.2, 0) is 0 Å². The first-order valence-corrected chi connectivity index (χ1v) is 5.46. The smallest absolute Gasteiger partial charge is 0.187 e. The van der Waals surface area contributed by atoms with E-state index in [0.717, 1.165) is 5.69 Å². The van der Waals surface area contributed by atoms with Crippen molar-refractivity contribution in [2.45, 2.75) is 0 Å². The zero-order chi connectivity index (χ0) is 11.0. The molecule has 0 bridgehead atoms. The highest BCUT2D eigenvalue weighted by atomic mass is 32.1. The van der Waals surface area contributed by atoms with Crippen molar-refractivity contribution in [2.24, 2.45) is 0 Å². The summed E-state index contributed by atoms with van der Waals surface area (Å²) < 4.78 is 1.82. The lowest BCUT2D eigenvalue weighted by Gasteiger charge is -1.95. The van der Waals surface area contributed by atoms with E-state index in [1.165, 1.54) is 11.3 Å². The van der Waals surface area contributed by atoms with Crippen LogP contribution in [0.3, 0.4) is 0 Å². The van der Waals surface area contributed by atoms with Gasteiger partial charge in [0.15, 0.2) is 11.5 Å². The molecule has 0 aliphatic rings. The lowest BCUT2D eigenvalue weighted by molar-refractivity contribution is 1.10. The molecule has 0 atom stereocenters. The molecule has 0 fully saturated rings. The lowest BCUT2D eigenvalue weighted by Crippen LogP contribution is -1.89. The first-order valence-electron chi connectivity index (χ1n) is 4.52. The fourth-order valence-electron chi connectivity index (χ4n) is 1.46. The standard InChI is InChI=1S/C10H5N5S/c11-4-7-1-2-15-9(3-7)13-14-10(15)8-5-16-6-12-8/h1-3,5-6H. The van der Waals surface area contributed by atoms with Crippen LogP contribution in [0.15, 0.2) is 29.2 Å². The van der Waals surface area contributed by atoms with Gasteiger partial charge in [0.1, 0.15) is 5.69 Å². The Morgan fingerprint density at radius 2 is 2.31 bits per heavy atom. The maximum atomic E-state index is 8.77. The van der Waals surface area contributed by atoms with Gasteiger partial charge in [-0.05, 0) is 6.07 Å². The van der Waals surface area contributed by atoms with E-state index >= 15 is 0 Å². The SMILES string of the molecule is N#Cc1ccn2c(-c3cscn3)nnc2c1. The number of nitriles is 1. The molecular formula is C10H5N5S. The van der Waals surface area contributed by atoms with Gasteiger partial charge in [-0.2, -0.15) is 5.26 Å². The molecule has 0 saturated carbocycles. The topological polar surface area (TPSA) is 66.9 Å². The molecule has 6 heteroatoms. The van der Waals surface area contributed by atoms with Gasteiger partial charge in [-0.1, -0.05) is 0 Å². The zero-order valence-corrected chi connectivity index (χ0v) is 8.85. The third-order valence-corrected chi connectivity index (χ3v) is 2.79. The molecule has 5 nitrogen and oxygen atoms in total. The maximum Gasteiger partial charge on any atom is 0.187 e. The molecule has 3 aromatic rings. The van der Waals surface area contributed by atoms with E-state index in [-0.39, 0.29) is 0 Å². The predicted molar refractivity (Wildman–Crippen MR) is 58.8 cm³/mol. The van der Waals surface area contributed by atoms with Crippen molar-refractivity contribution in [3.05, 3.63) is 34.8 Å². The molecule has 0 saturated heterocycles. The Hall–Kier alpha value is -2.26. The molecule has 0 aromatic carbocycles. The Morgan fingerprint density at radius 1 is 1.38 bits per heavy atom. The summed E-state index contributed by atoms with van der Waals surface area (Å²) in [6.07, 6.45) is 1.78. The minimum Gasteiger partial charge on any atom is -0.281 e. The molecule has 3 rings (SSSR count). The quantitative estimate of drug-likeness (QED) is 0.635. The van der Waals surface area contributed by atoms with Gasteiger partial charge < -0.3 is 0 Å². The molecule has 76 valence electrons. The molecule has 0 aliphatic heterocycles. The van der Waals surface area contributed by atoms with Gasteiger partial charge in [0.25, 0.3) is 0 Å². The van der Waals surface area contributed by atoms with Gasteiger partial charge >= 0.3 is 0 Å². The second kappa shape index (κ2) is 3.40. The fourth-order valence-corrected chi connectivity index (χ4v) is 1.99. The first kappa shape index (κ1) is 9.00. The van der Waals surface area contributed by atoms with Crippen LogP contribution in [0.25, 0.3) is 17.2 Å². The highest BCUT2D eigenvalue weighted by Gasteiger charge is 2.09. The molecule has 0 spiro atoms. The predicted octanol–water partition coefficient (Wildman–Crippen LogP) is 1.72. The molecule has 3 aromatic heterocycles. The average Bonchev–Trinajstić information content (AvgIpc) is 2.96. The highest BCUT2D eigenvalue weighted by molar-refractivity contribution is 7.07. The molecule has 0 aliphatic carbocycles. The lowest BCUT2D eigenvalue weighted by atomic mass is 10.3. The van der Waals surface area contributed by atoms with Crippen molar-refractivity contribution < 1.29 is 0 Å². The Balaban J connectivity index is 2.26. The van der Waals surface area contributed by atoms with E-state index in [9.17, 15) is 0 Å². The Bertz CT molecular complexity index is 677. The third-order valence-electron chi connectivity index (χ3n) is 2.20. The summed E-state index contributed by atoms with van der Waals surface area (Å²) in [5, 5.41) is 18.8. The largest absolute Gasteiger partial charge is 0.281 e. The molecule has 0 amide bonds. The molecule has 16 heavy (non-hydrogen) atoms. The third kappa shape index (κ3) is 1.26. The van der Waals surface area contributed by atoms with Crippen LogP contribution < -0.4 is 0 Å². The van der Waals surface area contributed by atoms with Crippen molar-refractivity contribution in [3.8, 4) is 17.6 Å². The summed E-state index contributed by atoms with van der Waals surface area (Å²) in [4.78, 5) is 4.18. The van der Waals surface area contributed by atoms with E-state index in [2.05, 4.69) is 21.3 Å². The maximum absolute atomic E-state index is 8.77. The number of nitrogens with zero attached hydrogens (tertiary/aromatic N) is 5. The van der Waals surface area contributed by atoms with Gasteiger partial charge in [-0.15, -0.1) is 21.5 Å². The Labute approximate surface area is 94.6 Å². The van der Waals surface area contributed by atoms with Gasteiger partial charge in [0.05, 0.1) is 17.1 Å². The molecule has 0 N–H and O–H groups in total. The number of pyridine rings is 1. The van der Waals surface area contributed by atoms with Gasteiger partial charge in [-0.25, -0.2) is 4.98 Å². The van der Waals surface area contributed by atoms with Crippen LogP contribution in [0.1, 0.15) is 5.56 Å². The molecule has 0 radical (unpaired) electrons. The van der Waals surface area contributed by atoms with E-state index in [4.69, 9.17) is 5.26 Å². The van der Waals surface area contributed by atoms with Crippen molar-refractivity contribution in [2.75, 3.05) is 0 Å². The van der Waals surface area contributed by atoms with Crippen LogP contribution in [-0.4, -0.2) is 19.6 Å². The van der Waals surface area contributed by atoms with Gasteiger partial charge in [-0.3, -0.25) is 4.40 Å². The number of fused-ring (bicyclic) bond motifs is 1. The fraction of sp³-hybridized carbons (Fsp3) is 0. The minimum absolute atomic E-state index is 0.574. The van der Waals surface area contributed by atoms with Crippen molar-refractivity contribution in [1.29, 1.82) is 5.26 Å². The second-order valence-electron chi connectivity index (χ2n) is 3.15. The summed E-state index contributed by atoms with van der Waals surface area (Å²) in [5.41, 5.74) is 3.77. The van der Waals surface area contributed by atoms with E-state index < -0.39 is 0 Å². The number of hydrogen-bond donors (Lipinski definition) is 0. The highest BCUT2D eigenvalue weighted by Crippen LogP contribution is 2.18. The van der Waals surface area contributed by atoms with E-state index in [1.54, 1.807) is 23.8 Å². The summed E-state index contributed by atoms with van der Waals surface area (Å²) in [7, 11) is 0. The second-order valence-corrected chi connectivity index (χ2v) is 3.87. The first-order chi connectivity index (χ1) is 7.88. The van der Waals surface area contributed by atoms with E-state index in [1.807, 2.05) is 9.78 Å². The van der Waals surface area contributed by atoms with Crippen LogP contribution in [0.5, 0.6) is 0 Å². The van der Waals surface area contributed by atoms with Crippen LogP contribution >= 0.6 is 11.3 Å². The number of aromatic nitrogens is 4. The number of hydrogen-bond acceptors (Lipinski definition) is 5. The monoisotopic (exact) mass is 227 g/mol. The van der Waals surface area contributed by atoms with Crippen LogP contribution in [0.4, 0.5) is 0 Å². The zero-order valence-electron chi connectivity index (χ0n) is 8.03. The van der Waals surface area contributed by atoms with Crippen molar-refractivity contribution >= 4 is 17.0 Å². The number of thiazole rings is 1.